The van der Waals surface area contributed by atoms with E-state index in [1.807, 2.05) is 46.7 Å². The topological polar surface area (TPSA) is 77.0 Å². The highest BCUT2D eigenvalue weighted by Crippen LogP contribution is 2.24. The average molecular weight is 285 g/mol. The molecule has 2 heterocycles. The monoisotopic (exact) mass is 285 g/mol. The van der Waals surface area contributed by atoms with Crippen LogP contribution in [0.25, 0.3) is 0 Å². The highest BCUT2D eigenvalue weighted by atomic mass is 16.2. The molecule has 2 aromatic rings. The van der Waals surface area contributed by atoms with E-state index in [-0.39, 0.29) is 11.9 Å². The van der Waals surface area contributed by atoms with E-state index in [1.165, 1.54) is 0 Å². The van der Waals surface area contributed by atoms with Crippen molar-refractivity contribution in [2.24, 2.45) is 5.73 Å². The Bertz CT molecular complexity index is 637. The smallest absolute Gasteiger partial charge is 0.246 e. The Morgan fingerprint density at radius 3 is 2.76 bits per heavy atom. The Morgan fingerprint density at radius 1 is 1.29 bits per heavy atom. The van der Waals surface area contributed by atoms with Gasteiger partial charge >= 0.3 is 0 Å². The molecule has 1 atom stereocenters. The van der Waals surface area contributed by atoms with Crippen LogP contribution in [-0.2, 0) is 24.3 Å². The summed E-state index contributed by atoms with van der Waals surface area (Å²) in [6.07, 6.45) is 0.642. The molecule has 6 heteroatoms. The van der Waals surface area contributed by atoms with Crippen molar-refractivity contribution in [1.82, 2.24) is 19.7 Å². The summed E-state index contributed by atoms with van der Waals surface area (Å²) in [5.41, 5.74) is 6.70. The fourth-order valence-electron chi connectivity index (χ4n) is 2.78. The van der Waals surface area contributed by atoms with E-state index in [0.29, 0.717) is 26.1 Å². The molecule has 1 amide bonds. The van der Waals surface area contributed by atoms with Crippen molar-refractivity contribution in [3.8, 4) is 0 Å². The van der Waals surface area contributed by atoms with Crippen molar-refractivity contribution in [2.75, 3.05) is 6.54 Å². The van der Waals surface area contributed by atoms with E-state index < -0.39 is 0 Å². The van der Waals surface area contributed by atoms with Crippen LogP contribution in [0.3, 0.4) is 0 Å². The maximum atomic E-state index is 12.6. The van der Waals surface area contributed by atoms with Gasteiger partial charge in [0.05, 0.1) is 6.54 Å². The van der Waals surface area contributed by atoms with Crippen LogP contribution < -0.4 is 5.73 Å². The summed E-state index contributed by atoms with van der Waals surface area (Å²) >= 11 is 0. The third-order valence-corrected chi connectivity index (χ3v) is 3.81. The van der Waals surface area contributed by atoms with Gasteiger partial charge in [-0.2, -0.15) is 0 Å². The number of hydrogen-bond acceptors (Lipinski definition) is 4. The summed E-state index contributed by atoms with van der Waals surface area (Å²) in [7, 11) is 0. The van der Waals surface area contributed by atoms with E-state index >= 15 is 0 Å². The predicted molar refractivity (Wildman–Crippen MR) is 78.2 cm³/mol. The first kappa shape index (κ1) is 13.8. The molecule has 0 aliphatic carbocycles. The molecule has 1 aromatic carbocycles. The molecule has 0 saturated heterocycles. The first-order valence-corrected chi connectivity index (χ1v) is 7.16. The fraction of sp³-hybridized carbons (Fsp3) is 0.400. The minimum Gasteiger partial charge on any atom is -0.330 e. The molecule has 0 unspecified atom stereocenters. The summed E-state index contributed by atoms with van der Waals surface area (Å²) < 4.78 is 1.93. The van der Waals surface area contributed by atoms with Crippen LogP contribution >= 0.6 is 0 Å². The van der Waals surface area contributed by atoms with Crippen molar-refractivity contribution < 1.29 is 4.79 Å². The Kier molecular flexibility index (Phi) is 3.70. The van der Waals surface area contributed by atoms with E-state index in [0.717, 1.165) is 17.2 Å². The van der Waals surface area contributed by atoms with Gasteiger partial charge < -0.3 is 15.2 Å². The summed E-state index contributed by atoms with van der Waals surface area (Å²) in [6, 6.07) is 9.71. The molecule has 1 aromatic heterocycles. The van der Waals surface area contributed by atoms with Crippen molar-refractivity contribution in [2.45, 2.75) is 32.5 Å². The number of fused-ring (bicyclic) bond motifs is 1. The molecular formula is C15H19N5O. The number of benzene rings is 1. The van der Waals surface area contributed by atoms with Crippen LogP contribution in [0.4, 0.5) is 0 Å². The van der Waals surface area contributed by atoms with Crippen LogP contribution in [-0.4, -0.2) is 32.1 Å². The summed E-state index contributed by atoms with van der Waals surface area (Å²) in [6.45, 7) is 3.50. The van der Waals surface area contributed by atoms with Crippen molar-refractivity contribution in [3.05, 3.63) is 47.5 Å². The molecule has 0 spiro atoms. The number of aromatic nitrogens is 3. The standard InChI is InChI=1S/C15H19N5O/c1-11-15(21)19(9-12-5-3-2-4-6-12)10-14-18-17-13(7-8-16)20(11)14/h2-6,11H,7-10,16H2,1H3/t11-/m0/s1. The Hall–Kier alpha value is -2.21. The predicted octanol–water partition coefficient (Wildman–Crippen LogP) is 0.883. The fourth-order valence-corrected chi connectivity index (χ4v) is 2.78. The minimum absolute atomic E-state index is 0.101. The average Bonchev–Trinajstić information content (AvgIpc) is 2.89. The molecule has 0 fully saturated rings. The number of nitrogens with two attached hydrogens (primary N) is 1. The lowest BCUT2D eigenvalue weighted by Gasteiger charge is -2.32. The van der Waals surface area contributed by atoms with Gasteiger partial charge in [0.2, 0.25) is 5.91 Å². The summed E-state index contributed by atoms with van der Waals surface area (Å²) in [4.78, 5) is 14.4. The molecule has 3 rings (SSSR count). The van der Waals surface area contributed by atoms with Crippen molar-refractivity contribution in [3.63, 3.8) is 0 Å². The SMILES string of the molecule is C[C@H]1C(=O)N(Cc2ccccc2)Cc2nnc(CCN)n21. The molecule has 21 heavy (non-hydrogen) atoms. The zero-order valence-corrected chi connectivity index (χ0v) is 12.1. The number of hydrogen-bond donors (Lipinski definition) is 1. The van der Waals surface area contributed by atoms with Gasteiger partial charge in [0.25, 0.3) is 0 Å². The van der Waals surface area contributed by atoms with E-state index in [1.54, 1.807) is 0 Å². The highest BCUT2D eigenvalue weighted by molar-refractivity contribution is 5.81. The Morgan fingerprint density at radius 2 is 2.05 bits per heavy atom. The highest BCUT2D eigenvalue weighted by Gasteiger charge is 2.32. The third-order valence-electron chi connectivity index (χ3n) is 3.81. The van der Waals surface area contributed by atoms with Gasteiger partial charge in [-0.15, -0.1) is 10.2 Å². The second-order valence-corrected chi connectivity index (χ2v) is 5.30. The first-order valence-electron chi connectivity index (χ1n) is 7.16. The Balaban J connectivity index is 1.85. The maximum absolute atomic E-state index is 12.6. The van der Waals surface area contributed by atoms with Gasteiger partial charge in [0.15, 0.2) is 5.82 Å². The molecule has 6 nitrogen and oxygen atoms in total. The quantitative estimate of drug-likeness (QED) is 0.904. The molecule has 0 radical (unpaired) electrons. The van der Waals surface area contributed by atoms with E-state index in [2.05, 4.69) is 10.2 Å². The zero-order valence-electron chi connectivity index (χ0n) is 12.1. The maximum Gasteiger partial charge on any atom is 0.246 e. The molecule has 2 N–H and O–H groups in total. The van der Waals surface area contributed by atoms with Crippen molar-refractivity contribution >= 4 is 5.91 Å². The molecule has 110 valence electrons. The van der Waals surface area contributed by atoms with E-state index in [4.69, 9.17) is 5.73 Å². The van der Waals surface area contributed by atoms with Crippen LogP contribution in [0.5, 0.6) is 0 Å². The molecule has 0 bridgehead atoms. The van der Waals surface area contributed by atoms with Crippen LogP contribution in [0.1, 0.15) is 30.2 Å². The normalized spacial score (nSPS) is 17.9. The van der Waals surface area contributed by atoms with Gasteiger partial charge in [-0.05, 0) is 19.0 Å². The van der Waals surface area contributed by atoms with Crippen LogP contribution in [0.15, 0.2) is 30.3 Å². The van der Waals surface area contributed by atoms with E-state index in [9.17, 15) is 4.79 Å². The minimum atomic E-state index is -0.269. The number of amides is 1. The van der Waals surface area contributed by atoms with Crippen molar-refractivity contribution in [1.29, 1.82) is 0 Å². The van der Waals surface area contributed by atoms with Gasteiger partial charge in [-0.25, -0.2) is 0 Å². The summed E-state index contributed by atoms with van der Waals surface area (Å²) in [5, 5.41) is 8.38. The van der Waals surface area contributed by atoms with Gasteiger partial charge in [-0.1, -0.05) is 30.3 Å². The lowest BCUT2D eigenvalue weighted by atomic mass is 10.1. The second-order valence-electron chi connectivity index (χ2n) is 5.30. The van der Waals surface area contributed by atoms with Gasteiger partial charge in [0, 0.05) is 13.0 Å². The van der Waals surface area contributed by atoms with Crippen LogP contribution in [0.2, 0.25) is 0 Å². The number of carbonyl (C=O) groups excluding carboxylic acids is 1. The first-order chi connectivity index (χ1) is 10.2. The van der Waals surface area contributed by atoms with Gasteiger partial charge in [0.1, 0.15) is 11.9 Å². The number of nitrogens with zero attached hydrogens (tertiary/aromatic N) is 4. The van der Waals surface area contributed by atoms with Crippen LogP contribution in [0, 0.1) is 0 Å². The largest absolute Gasteiger partial charge is 0.330 e. The lowest BCUT2D eigenvalue weighted by Crippen LogP contribution is -2.41. The van der Waals surface area contributed by atoms with Gasteiger partial charge in [-0.3, -0.25) is 4.79 Å². The molecule has 1 aliphatic rings. The molecular weight excluding hydrogens is 266 g/mol. The second kappa shape index (κ2) is 5.65. The molecule has 1 aliphatic heterocycles. The summed E-state index contributed by atoms with van der Waals surface area (Å²) in [5.74, 6) is 1.73. The number of rotatable bonds is 4. The Labute approximate surface area is 123 Å². The third kappa shape index (κ3) is 2.54. The number of carbonyl (C=O) groups is 1. The lowest BCUT2D eigenvalue weighted by molar-refractivity contribution is -0.137. The molecule has 0 saturated carbocycles. The zero-order chi connectivity index (χ0) is 14.8.